The molecule has 130 valence electrons. The van der Waals surface area contributed by atoms with Gasteiger partial charge in [0.15, 0.2) is 0 Å². The van der Waals surface area contributed by atoms with Gasteiger partial charge in [0.2, 0.25) is 5.91 Å². The average molecular weight is 363 g/mol. The normalized spacial score (nSPS) is 12.8. The van der Waals surface area contributed by atoms with E-state index in [-0.39, 0.29) is 17.2 Å². The minimum absolute atomic E-state index is 0.00311. The molecule has 1 amide bonds. The lowest BCUT2D eigenvalue weighted by Gasteiger charge is -2.14. The third-order valence-corrected chi connectivity index (χ3v) is 5.83. The van der Waals surface area contributed by atoms with Crippen molar-refractivity contribution in [2.24, 2.45) is 5.92 Å². The van der Waals surface area contributed by atoms with E-state index in [1.807, 2.05) is 25.1 Å². The molecule has 0 radical (unpaired) electrons. The van der Waals surface area contributed by atoms with Gasteiger partial charge in [-0.1, -0.05) is 45.9 Å². The maximum Gasteiger partial charge on any atom is 0.223 e. The smallest absolute Gasteiger partial charge is 0.223 e. The molecule has 0 saturated heterocycles. The molecule has 0 bridgehead atoms. The zero-order chi connectivity index (χ0) is 17.6. The van der Waals surface area contributed by atoms with Gasteiger partial charge in [0, 0.05) is 40.3 Å². The average Bonchev–Trinajstić information content (AvgIpc) is 3.02. The second-order valence-corrected chi connectivity index (χ2v) is 8.98. The fourth-order valence-corrected chi connectivity index (χ4v) is 4.02. The minimum atomic E-state index is -0.00311. The highest BCUT2D eigenvalue weighted by atomic mass is 32.2. The Labute approximate surface area is 153 Å². The van der Waals surface area contributed by atoms with Crippen molar-refractivity contribution in [1.29, 1.82) is 0 Å². The van der Waals surface area contributed by atoms with Crippen molar-refractivity contribution in [3.63, 3.8) is 0 Å². The molecule has 1 aromatic heterocycles. The molecule has 3 nitrogen and oxygen atoms in total. The topological polar surface area (TPSA) is 42.0 Å². The fraction of sp³-hybridized carbons (Fsp3) is 0.474. The number of benzene rings is 1. The molecule has 0 fully saturated rings. The van der Waals surface area contributed by atoms with Crippen molar-refractivity contribution in [2.75, 3.05) is 12.3 Å². The third kappa shape index (κ3) is 5.95. The van der Waals surface area contributed by atoms with E-state index in [0.29, 0.717) is 6.54 Å². The van der Waals surface area contributed by atoms with E-state index < -0.39 is 0 Å². The Hall–Kier alpha value is -1.33. The molecule has 2 aromatic rings. The number of thioether (sulfide) groups is 1. The van der Waals surface area contributed by atoms with Crippen LogP contribution in [0.15, 0.2) is 40.6 Å². The van der Waals surface area contributed by atoms with Crippen LogP contribution in [0.1, 0.15) is 38.4 Å². The molecule has 24 heavy (non-hydrogen) atoms. The van der Waals surface area contributed by atoms with Gasteiger partial charge >= 0.3 is 0 Å². The van der Waals surface area contributed by atoms with Gasteiger partial charge in [-0.05, 0) is 12.1 Å². The van der Waals surface area contributed by atoms with Crippen LogP contribution in [0.2, 0.25) is 0 Å². The first kappa shape index (κ1) is 19.0. The predicted octanol–water partition coefficient (Wildman–Crippen LogP) is 4.53. The zero-order valence-electron chi connectivity index (χ0n) is 14.8. The highest BCUT2D eigenvalue weighted by Crippen LogP contribution is 2.24. The second kappa shape index (κ2) is 8.67. The number of aromatic nitrogens is 1. The zero-order valence-corrected chi connectivity index (χ0v) is 16.5. The molecule has 0 aliphatic rings. The van der Waals surface area contributed by atoms with Crippen LogP contribution in [0.3, 0.4) is 0 Å². The number of hydrogen-bond donors (Lipinski definition) is 1. The van der Waals surface area contributed by atoms with Crippen LogP contribution < -0.4 is 5.32 Å². The summed E-state index contributed by atoms with van der Waals surface area (Å²) in [6.45, 7) is 9.13. The van der Waals surface area contributed by atoms with Crippen molar-refractivity contribution in [2.45, 2.75) is 44.4 Å². The summed E-state index contributed by atoms with van der Waals surface area (Å²) >= 11 is 3.40. The van der Waals surface area contributed by atoms with E-state index in [1.54, 1.807) is 23.1 Å². The highest BCUT2D eigenvalue weighted by molar-refractivity contribution is 7.99. The number of amides is 1. The first-order valence-electron chi connectivity index (χ1n) is 8.26. The van der Waals surface area contributed by atoms with E-state index in [2.05, 4.69) is 48.6 Å². The Balaban J connectivity index is 1.71. The summed E-state index contributed by atoms with van der Waals surface area (Å²) in [6, 6.07) is 10.2. The van der Waals surface area contributed by atoms with Gasteiger partial charge in [-0.15, -0.1) is 23.1 Å². The van der Waals surface area contributed by atoms with Crippen LogP contribution in [0.5, 0.6) is 0 Å². The summed E-state index contributed by atoms with van der Waals surface area (Å²) < 4.78 is 0. The first-order chi connectivity index (χ1) is 11.4. The molecule has 0 spiro atoms. The number of nitrogens with one attached hydrogen (secondary N) is 1. The highest BCUT2D eigenvalue weighted by Gasteiger charge is 2.17. The lowest BCUT2D eigenvalue weighted by molar-refractivity contribution is -0.123. The van der Waals surface area contributed by atoms with Crippen LogP contribution in [0.4, 0.5) is 0 Å². The monoisotopic (exact) mass is 362 g/mol. The molecule has 1 aromatic carbocycles. The maximum absolute atomic E-state index is 12.2. The number of carbonyl (C=O) groups excluding carboxylic acids is 1. The summed E-state index contributed by atoms with van der Waals surface area (Å²) in [7, 11) is 0. The van der Waals surface area contributed by atoms with Gasteiger partial charge in [-0.2, -0.15) is 0 Å². The molecule has 2 rings (SSSR count). The standard InChI is InChI=1S/C19H26N2OS2/c1-14(12-23-15-8-6-5-7-9-15)18(22)20-11-10-17-21-16(13-24-17)19(2,3)4/h5-9,13-14H,10-12H2,1-4H3,(H,20,22). The Morgan fingerprint density at radius 1 is 1.29 bits per heavy atom. The Kier molecular flexibility index (Phi) is 6.87. The molecule has 0 saturated carbocycles. The van der Waals surface area contributed by atoms with E-state index in [9.17, 15) is 4.79 Å². The first-order valence-corrected chi connectivity index (χ1v) is 10.1. The number of nitrogens with zero attached hydrogens (tertiary/aromatic N) is 1. The number of rotatable bonds is 7. The molecule has 1 atom stereocenters. The van der Waals surface area contributed by atoms with Crippen LogP contribution in [0, 0.1) is 5.92 Å². The summed E-state index contributed by atoms with van der Waals surface area (Å²) in [5, 5.41) is 6.24. The molecule has 5 heteroatoms. The molecule has 1 N–H and O–H groups in total. The van der Waals surface area contributed by atoms with Crippen molar-refractivity contribution < 1.29 is 4.79 Å². The third-order valence-electron chi connectivity index (χ3n) is 3.65. The summed E-state index contributed by atoms with van der Waals surface area (Å²) in [5.41, 5.74) is 1.21. The summed E-state index contributed by atoms with van der Waals surface area (Å²) in [6.07, 6.45) is 0.797. The van der Waals surface area contributed by atoms with Crippen LogP contribution in [0.25, 0.3) is 0 Å². The molecular formula is C19H26N2OS2. The Morgan fingerprint density at radius 2 is 2.00 bits per heavy atom. The number of hydrogen-bond acceptors (Lipinski definition) is 4. The largest absolute Gasteiger partial charge is 0.355 e. The molecule has 1 heterocycles. The van der Waals surface area contributed by atoms with Crippen molar-refractivity contribution in [1.82, 2.24) is 10.3 Å². The van der Waals surface area contributed by atoms with Crippen LogP contribution >= 0.6 is 23.1 Å². The lowest BCUT2D eigenvalue weighted by atomic mass is 9.93. The van der Waals surface area contributed by atoms with Crippen LogP contribution in [-0.4, -0.2) is 23.2 Å². The van der Waals surface area contributed by atoms with Crippen LogP contribution in [-0.2, 0) is 16.6 Å². The quantitative estimate of drug-likeness (QED) is 0.736. The van der Waals surface area contributed by atoms with Crippen molar-refractivity contribution in [3.05, 3.63) is 46.4 Å². The summed E-state index contributed by atoms with van der Waals surface area (Å²) in [4.78, 5) is 18.0. The van der Waals surface area contributed by atoms with Gasteiger partial charge in [-0.25, -0.2) is 4.98 Å². The lowest BCUT2D eigenvalue weighted by Crippen LogP contribution is -2.32. The van der Waals surface area contributed by atoms with Gasteiger partial charge in [-0.3, -0.25) is 4.79 Å². The Bertz CT molecular complexity index is 647. The maximum atomic E-state index is 12.2. The number of thiazole rings is 1. The second-order valence-electron chi connectivity index (χ2n) is 6.94. The van der Waals surface area contributed by atoms with E-state index in [4.69, 9.17) is 0 Å². The van der Waals surface area contributed by atoms with Crippen molar-refractivity contribution >= 4 is 29.0 Å². The molecule has 0 aliphatic carbocycles. The van der Waals surface area contributed by atoms with Gasteiger partial charge in [0.1, 0.15) is 0 Å². The molecule has 1 unspecified atom stereocenters. The van der Waals surface area contributed by atoms with E-state index in [0.717, 1.165) is 22.9 Å². The molecular weight excluding hydrogens is 336 g/mol. The molecule has 0 aliphatic heterocycles. The number of carbonyl (C=O) groups is 1. The van der Waals surface area contributed by atoms with Crippen molar-refractivity contribution in [3.8, 4) is 0 Å². The predicted molar refractivity (Wildman–Crippen MR) is 104 cm³/mol. The minimum Gasteiger partial charge on any atom is -0.355 e. The van der Waals surface area contributed by atoms with E-state index in [1.165, 1.54) is 4.90 Å². The SMILES string of the molecule is CC(CSc1ccccc1)C(=O)NCCc1nc(C(C)(C)C)cs1. The van der Waals surface area contributed by atoms with Gasteiger partial charge in [0.05, 0.1) is 10.7 Å². The Morgan fingerprint density at radius 3 is 2.62 bits per heavy atom. The van der Waals surface area contributed by atoms with E-state index >= 15 is 0 Å². The fourth-order valence-electron chi connectivity index (χ4n) is 2.05. The summed E-state index contributed by atoms with van der Waals surface area (Å²) in [5.74, 6) is 0.907. The van der Waals surface area contributed by atoms with Gasteiger partial charge in [0.25, 0.3) is 0 Å². The van der Waals surface area contributed by atoms with Gasteiger partial charge < -0.3 is 5.32 Å².